The van der Waals surface area contributed by atoms with Gasteiger partial charge in [-0.15, -0.1) is 0 Å². The maximum absolute atomic E-state index is 11.9. The van der Waals surface area contributed by atoms with Crippen molar-refractivity contribution in [3.8, 4) is 11.5 Å². The van der Waals surface area contributed by atoms with Crippen LogP contribution in [0.4, 0.5) is 0 Å². The minimum absolute atomic E-state index is 0.0780. The molecule has 0 aromatic heterocycles. The first-order chi connectivity index (χ1) is 17.2. The SMILES string of the molecule is CCCCCCCCCCCCCC(=O)NCC(=O)N/N=C\c1cccc(Oc2ccccc2)c1. The normalized spacial score (nSPS) is 10.9. The van der Waals surface area contributed by atoms with Crippen LogP contribution in [-0.4, -0.2) is 24.6 Å². The highest BCUT2D eigenvalue weighted by Crippen LogP contribution is 2.21. The first-order valence-electron chi connectivity index (χ1n) is 13.1. The smallest absolute Gasteiger partial charge is 0.259 e. The summed E-state index contributed by atoms with van der Waals surface area (Å²) in [5, 5.41) is 6.63. The van der Waals surface area contributed by atoms with Gasteiger partial charge in [0.2, 0.25) is 5.91 Å². The van der Waals surface area contributed by atoms with Gasteiger partial charge in [-0.25, -0.2) is 5.43 Å². The van der Waals surface area contributed by atoms with Gasteiger partial charge in [0.15, 0.2) is 0 Å². The summed E-state index contributed by atoms with van der Waals surface area (Å²) in [5.74, 6) is 0.982. The molecule has 0 saturated carbocycles. The average Bonchev–Trinajstić information content (AvgIpc) is 2.87. The maximum atomic E-state index is 11.9. The Bertz CT molecular complexity index is 884. The van der Waals surface area contributed by atoms with E-state index in [-0.39, 0.29) is 18.4 Å². The van der Waals surface area contributed by atoms with E-state index in [9.17, 15) is 9.59 Å². The van der Waals surface area contributed by atoms with Crippen LogP contribution < -0.4 is 15.5 Å². The summed E-state index contributed by atoms with van der Waals surface area (Å²) < 4.78 is 5.80. The zero-order valence-corrected chi connectivity index (χ0v) is 21.1. The van der Waals surface area contributed by atoms with Crippen LogP contribution in [0.15, 0.2) is 59.7 Å². The van der Waals surface area contributed by atoms with Gasteiger partial charge in [0, 0.05) is 6.42 Å². The Balaban J connectivity index is 1.51. The first-order valence-corrected chi connectivity index (χ1v) is 13.1. The number of hydrogen-bond acceptors (Lipinski definition) is 4. The minimum atomic E-state index is -0.356. The quantitative estimate of drug-likeness (QED) is 0.141. The Morgan fingerprint density at radius 2 is 1.40 bits per heavy atom. The predicted molar refractivity (Wildman–Crippen MR) is 143 cm³/mol. The molecule has 0 fully saturated rings. The Morgan fingerprint density at radius 1 is 0.771 bits per heavy atom. The van der Waals surface area contributed by atoms with Gasteiger partial charge in [-0.05, 0) is 36.2 Å². The van der Waals surface area contributed by atoms with Crippen molar-refractivity contribution in [3.63, 3.8) is 0 Å². The lowest BCUT2D eigenvalue weighted by molar-refractivity contribution is -0.126. The number of nitrogens with one attached hydrogen (secondary N) is 2. The third-order valence-electron chi connectivity index (χ3n) is 5.69. The van der Waals surface area contributed by atoms with Crippen molar-refractivity contribution in [2.75, 3.05) is 6.54 Å². The van der Waals surface area contributed by atoms with Gasteiger partial charge < -0.3 is 10.1 Å². The van der Waals surface area contributed by atoms with Crippen LogP contribution in [0.3, 0.4) is 0 Å². The lowest BCUT2D eigenvalue weighted by atomic mass is 10.1. The first kappa shape index (κ1) is 28.1. The number of ether oxygens (including phenoxy) is 1. The van der Waals surface area contributed by atoms with Gasteiger partial charge >= 0.3 is 0 Å². The highest BCUT2D eigenvalue weighted by molar-refractivity contribution is 5.86. The van der Waals surface area contributed by atoms with E-state index in [1.807, 2.05) is 54.6 Å². The summed E-state index contributed by atoms with van der Waals surface area (Å²) in [7, 11) is 0. The molecule has 0 unspecified atom stereocenters. The standard InChI is InChI=1S/C29H41N3O3/c1-2-3-4-5-6-7-8-9-10-11-15-21-28(33)30-24-29(34)32-31-23-25-17-16-20-27(22-25)35-26-18-13-12-14-19-26/h12-14,16-20,22-23H,2-11,15,21,24H2,1H3,(H,30,33)(H,32,34)/b31-23-. The molecule has 6 heteroatoms. The van der Waals surface area contributed by atoms with E-state index in [0.717, 1.165) is 24.2 Å². The third-order valence-corrected chi connectivity index (χ3v) is 5.69. The number of hydrazone groups is 1. The fourth-order valence-electron chi connectivity index (χ4n) is 3.72. The zero-order valence-electron chi connectivity index (χ0n) is 21.1. The van der Waals surface area contributed by atoms with Crippen molar-refractivity contribution in [2.45, 2.75) is 84.0 Å². The second kappa shape index (κ2) is 18.2. The lowest BCUT2D eigenvalue weighted by Crippen LogP contribution is -2.34. The summed E-state index contributed by atoms with van der Waals surface area (Å²) >= 11 is 0. The van der Waals surface area contributed by atoms with Crippen molar-refractivity contribution in [3.05, 3.63) is 60.2 Å². The van der Waals surface area contributed by atoms with Crippen LogP contribution in [0.5, 0.6) is 11.5 Å². The van der Waals surface area contributed by atoms with Crippen molar-refractivity contribution in [1.29, 1.82) is 0 Å². The van der Waals surface area contributed by atoms with Gasteiger partial charge in [-0.2, -0.15) is 5.10 Å². The van der Waals surface area contributed by atoms with E-state index in [2.05, 4.69) is 22.8 Å². The minimum Gasteiger partial charge on any atom is -0.457 e. The predicted octanol–water partition coefficient (Wildman–Crippen LogP) is 6.75. The Hall–Kier alpha value is -3.15. The number of benzene rings is 2. The third kappa shape index (κ3) is 14.0. The molecule has 2 aromatic carbocycles. The molecule has 2 amide bonds. The summed E-state index contributed by atoms with van der Waals surface area (Å²) in [6, 6.07) is 16.9. The van der Waals surface area contributed by atoms with Crippen LogP contribution in [-0.2, 0) is 9.59 Å². The van der Waals surface area contributed by atoms with E-state index < -0.39 is 0 Å². The number of rotatable bonds is 18. The fraction of sp³-hybridized carbons (Fsp3) is 0.483. The monoisotopic (exact) mass is 479 g/mol. The second-order valence-corrected chi connectivity index (χ2v) is 8.84. The van der Waals surface area contributed by atoms with Gasteiger partial charge in [-0.1, -0.05) is 101 Å². The molecule has 35 heavy (non-hydrogen) atoms. The fourth-order valence-corrected chi connectivity index (χ4v) is 3.72. The average molecular weight is 480 g/mol. The molecular weight excluding hydrogens is 438 g/mol. The molecule has 0 atom stereocenters. The molecule has 0 aliphatic rings. The second-order valence-electron chi connectivity index (χ2n) is 8.84. The molecule has 0 aliphatic carbocycles. The van der Waals surface area contributed by atoms with Crippen LogP contribution in [0.1, 0.15) is 89.5 Å². The molecular formula is C29H41N3O3. The lowest BCUT2D eigenvalue weighted by Gasteiger charge is -2.06. The number of carbonyl (C=O) groups is 2. The molecule has 2 N–H and O–H groups in total. The van der Waals surface area contributed by atoms with Gasteiger partial charge in [0.05, 0.1) is 12.8 Å². The van der Waals surface area contributed by atoms with E-state index >= 15 is 0 Å². The van der Waals surface area contributed by atoms with Crippen LogP contribution in [0, 0.1) is 0 Å². The molecule has 190 valence electrons. The summed E-state index contributed by atoms with van der Waals surface area (Å²) in [6.07, 6.45) is 15.7. The summed E-state index contributed by atoms with van der Waals surface area (Å²) in [5.41, 5.74) is 3.23. The van der Waals surface area contributed by atoms with E-state index in [1.54, 1.807) is 6.21 Å². The number of hydrogen-bond donors (Lipinski definition) is 2. The van der Waals surface area contributed by atoms with Crippen LogP contribution in [0.25, 0.3) is 0 Å². The highest BCUT2D eigenvalue weighted by Gasteiger charge is 2.05. The van der Waals surface area contributed by atoms with Crippen molar-refractivity contribution >= 4 is 18.0 Å². The molecule has 6 nitrogen and oxygen atoms in total. The zero-order chi connectivity index (χ0) is 25.0. The van der Waals surface area contributed by atoms with E-state index in [1.165, 1.54) is 57.8 Å². The number of carbonyl (C=O) groups excluding carboxylic acids is 2. The van der Waals surface area contributed by atoms with Gasteiger partial charge in [0.1, 0.15) is 11.5 Å². The molecule has 0 heterocycles. The maximum Gasteiger partial charge on any atom is 0.259 e. The largest absolute Gasteiger partial charge is 0.457 e. The van der Waals surface area contributed by atoms with Crippen LogP contribution in [0.2, 0.25) is 0 Å². The Kier molecular flexibility index (Phi) is 14.6. The van der Waals surface area contributed by atoms with Crippen molar-refractivity contribution in [2.24, 2.45) is 5.10 Å². The summed E-state index contributed by atoms with van der Waals surface area (Å²) in [6.45, 7) is 2.17. The Morgan fingerprint density at radius 3 is 2.09 bits per heavy atom. The molecule has 2 rings (SSSR count). The number of amides is 2. The summed E-state index contributed by atoms with van der Waals surface area (Å²) in [4.78, 5) is 23.9. The number of nitrogens with zero attached hydrogens (tertiary/aromatic N) is 1. The van der Waals surface area contributed by atoms with Gasteiger partial charge in [-0.3, -0.25) is 9.59 Å². The molecule has 0 saturated heterocycles. The number of unbranched alkanes of at least 4 members (excludes halogenated alkanes) is 10. The molecule has 0 bridgehead atoms. The molecule has 0 radical (unpaired) electrons. The topological polar surface area (TPSA) is 79.8 Å². The highest BCUT2D eigenvalue weighted by atomic mass is 16.5. The molecule has 2 aromatic rings. The van der Waals surface area contributed by atoms with E-state index in [0.29, 0.717) is 12.2 Å². The van der Waals surface area contributed by atoms with Crippen LogP contribution >= 0.6 is 0 Å². The Labute approximate surface area is 210 Å². The molecule has 0 spiro atoms. The van der Waals surface area contributed by atoms with Crippen molar-refractivity contribution < 1.29 is 14.3 Å². The number of para-hydroxylation sites is 1. The van der Waals surface area contributed by atoms with Gasteiger partial charge in [0.25, 0.3) is 5.91 Å². The van der Waals surface area contributed by atoms with Crippen molar-refractivity contribution in [1.82, 2.24) is 10.7 Å². The molecule has 0 aliphatic heterocycles. The van der Waals surface area contributed by atoms with E-state index in [4.69, 9.17) is 4.74 Å².